The highest BCUT2D eigenvalue weighted by Crippen LogP contribution is 2.09. The Hall–Kier alpha value is -2.54. The summed E-state index contributed by atoms with van der Waals surface area (Å²) in [6.07, 6.45) is 4.00. The minimum Gasteiger partial charge on any atom is -0.460 e. The van der Waals surface area contributed by atoms with Crippen LogP contribution in [0, 0.1) is 0 Å². The zero-order valence-electron chi connectivity index (χ0n) is 11.8. The van der Waals surface area contributed by atoms with Crippen molar-refractivity contribution in [2.45, 2.75) is 13.0 Å². The van der Waals surface area contributed by atoms with Gasteiger partial charge in [0.25, 0.3) is 0 Å². The summed E-state index contributed by atoms with van der Waals surface area (Å²) in [5.74, 6) is -0.455. The largest absolute Gasteiger partial charge is 0.460 e. The third-order valence-electron chi connectivity index (χ3n) is 2.96. The number of pyridine rings is 1. The van der Waals surface area contributed by atoms with Gasteiger partial charge >= 0.3 is 5.97 Å². The highest BCUT2D eigenvalue weighted by atomic mass is 32.1. The summed E-state index contributed by atoms with van der Waals surface area (Å²) in [6, 6.07) is 9.63. The lowest BCUT2D eigenvalue weighted by atomic mass is 10.3. The fourth-order valence-corrected chi connectivity index (χ4v) is 2.59. The lowest BCUT2D eigenvalue weighted by Crippen LogP contribution is -2.08. The maximum absolute atomic E-state index is 11.9. The van der Waals surface area contributed by atoms with Gasteiger partial charge in [0.15, 0.2) is 5.69 Å². The van der Waals surface area contributed by atoms with Crippen molar-refractivity contribution in [3.8, 4) is 0 Å². The lowest BCUT2D eigenvalue weighted by Gasteiger charge is -2.00. The van der Waals surface area contributed by atoms with Crippen LogP contribution >= 0.6 is 11.3 Å². The predicted octanol–water partition coefficient (Wildman–Crippen LogP) is 2.18. The molecule has 0 aliphatic rings. The van der Waals surface area contributed by atoms with Crippen molar-refractivity contribution in [1.29, 1.82) is 0 Å². The molecule has 0 atom stereocenters. The predicted molar refractivity (Wildman–Crippen MR) is 81.7 cm³/mol. The van der Waals surface area contributed by atoms with Gasteiger partial charge < -0.3 is 4.74 Å². The van der Waals surface area contributed by atoms with Crippen LogP contribution in [-0.2, 0) is 17.7 Å². The number of carbonyl (C=O) groups excluding carboxylic acids is 1. The number of aromatic nitrogens is 4. The Kier molecular flexibility index (Phi) is 4.55. The fraction of sp³-hybridized carbons (Fsp3) is 0.200. The van der Waals surface area contributed by atoms with E-state index in [1.54, 1.807) is 28.4 Å². The molecule has 0 unspecified atom stereocenters. The number of ether oxygens (including phenoxy) is 1. The van der Waals surface area contributed by atoms with E-state index in [4.69, 9.17) is 4.74 Å². The van der Waals surface area contributed by atoms with Gasteiger partial charge in [-0.3, -0.25) is 4.98 Å². The van der Waals surface area contributed by atoms with Crippen LogP contribution in [0.5, 0.6) is 0 Å². The second-order valence-electron chi connectivity index (χ2n) is 4.59. The summed E-state index contributed by atoms with van der Waals surface area (Å²) < 4.78 is 6.77. The van der Waals surface area contributed by atoms with Crippen molar-refractivity contribution in [1.82, 2.24) is 20.0 Å². The van der Waals surface area contributed by atoms with Gasteiger partial charge in [-0.2, -0.15) is 0 Å². The van der Waals surface area contributed by atoms with Crippen LogP contribution in [0.4, 0.5) is 0 Å². The fourth-order valence-electron chi connectivity index (χ4n) is 1.90. The van der Waals surface area contributed by atoms with Crippen LogP contribution in [-0.4, -0.2) is 32.6 Å². The minimum atomic E-state index is -0.455. The Morgan fingerprint density at radius 1 is 1.27 bits per heavy atom. The van der Waals surface area contributed by atoms with E-state index in [1.807, 2.05) is 35.7 Å². The van der Waals surface area contributed by atoms with Gasteiger partial charge in [0.1, 0.15) is 0 Å². The van der Waals surface area contributed by atoms with Gasteiger partial charge in [-0.1, -0.05) is 17.3 Å². The molecule has 3 rings (SSSR count). The molecule has 0 spiro atoms. The smallest absolute Gasteiger partial charge is 0.360 e. The second-order valence-corrected chi connectivity index (χ2v) is 5.62. The van der Waals surface area contributed by atoms with Crippen LogP contribution in [0.25, 0.3) is 0 Å². The number of esters is 1. The van der Waals surface area contributed by atoms with Crippen molar-refractivity contribution < 1.29 is 9.53 Å². The van der Waals surface area contributed by atoms with Gasteiger partial charge in [0.05, 0.1) is 25.0 Å². The molecule has 7 heteroatoms. The molecule has 0 saturated carbocycles. The van der Waals surface area contributed by atoms with Crippen LogP contribution in [0.15, 0.2) is 48.1 Å². The van der Waals surface area contributed by atoms with E-state index < -0.39 is 5.97 Å². The topological polar surface area (TPSA) is 69.9 Å². The van der Waals surface area contributed by atoms with E-state index in [9.17, 15) is 4.79 Å². The Morgan fingerprint density at radius 2 is 2.23 bits per heavy atom. The highest BCUT2D eigenvalue weighted by Gasteiger charge is 2.12. The van der Waals surface area contributed by atoms with Gasteiger partial charge in [-0.15, -0.1) is 16.4 Å². The minimum absolute atomic E-state index is 0.210. The molecule has 0 amide bonds. The standard InChI is InChI=1S/C15H14N4O2S/c20-15(21-8-6-13-5-3-9-22-13)14-11-19(18-17-14)10-12-4-1-2-7-16-12/h1-5,7,9,11H,6,8,10H2. The molecule has 3 aromatic heterocycles. The molecular weight excluding hydrogens is 300 g/mol. The van der Waals surface area contributed by atoms with E-state index in [2.05, 4.69) is 15.3 Å². The first kappa shape index (κ1) is 14.4. The van der Waals surface area contributed by atoms with Crippen molar-refractivity contribution in [2.75, 3.05) is 6.61 Å². The highest BCUT2D eigenvalue weighted by molar-refractivity contribution is 7.09. The molecule has 0 aliphatic carbocycles. The molecule has 6 nitrogen and oxygen atoms in total. The molecule has 0 saturated heterocycles. The van der Waals surface area contributed by atoms with Gasteiger partial charge in [-0.25, -0.2) is 9.48 Å². The van der Waals surface area contributed by atoms with E-state index in [-0.39, 0.29) is 5.69 Å². The van der Waals surface area contributed by atoms with Crippen LogP contribution in [0.3, 0.4) is 0 Å². The first-order valence-electron chi connectivity index (χ1n) is 6.81. The normalized spacial score (nSPS) is 10.5. The van der Waals surface area contributed by atoms with Gasteiger partial charge in [0.2, 0.25) is 0 Å². The van der Waals surface area contributed by atoms with Crippen molar-refractivity contribution in [2.24, 2.45) is 0 Å². The average Bonchev–Trinajstić information content (AvgIpc) is 3.20. The summed E-state index contributed by atoms with van der Waals surface area (Å²) in [6.45, 7) is 0.808. The number of hydrogen-bond donors (Lipinski definition) is 0. The van der Waals surface area contributed by atoms with E-state index >= 15 is 0 Å². The molecule has 3 aromatic rings. The lowest BCUT2D eigenvalue weighted by molar-refractivity contribution is 0.0503. The SMILES string of the molecule is O=C(OCCc1cccs1)c1cn(Cc2ccccn2)nn1. The van der Waals surface area contributed by atoms with Crippen molar-refractivity contribution in [3.63, 3.8) is 0 Å². The first-order chi connectivity index (χ1) is 10.8. The Morgan fingerprint density at radius 3 is 3.00 bits per heavy atom. The molecule has 0 aliphatic heterocycles. The molecular formula is C15H14N4O2S. The first-order valence-corrected chi connectivity index (χ1v) is 7.69. The number of carbonyl (C=O) groups is 1. The zero-order chi connectivity index (χ0) is 15.2. The zero-order valence-corrected chi connectivity index (χ0v) is 12.6. The van der Waals surface area contributed by atoms with Gasteiger partial charge in [-0.05, 0) is 23.6 Å². The van der Waals surface area contributed by atoms with Crippen LogP contribution < -0.4 is 0 Å². The molecule has 0 bridgehead atoms. The maximum Gasteiger partial charge on any atom is 0.360 e. The van der Waals surface area contributed by atoms with E-state index in [0.717, 1.165) is 5.69 Å². The molecule has 0 aromatic carbocycles. The number of hydrogen-bond acceptors (Lipinski definition) is 6. The molecule has 112 valence electrons. The van der Waals surface area contributed by atoms with Gasteiger partial charge in [0, 0.05) is 17.5 Å². The summed E-state index contributed by atoms with van der Waals surface area (Å²) in [5.41, 5.74) is 1.06. The Labute approximate surface area is 131 Å². The van der Waals surface area contributed by atoms with Crippen LogP contribution in [0.2, 0.25) is 0 Å². The Bertz CT molecular complexity index is 725. The summed E-state index contributed by atoms with van der Waals surface area (Å²) in [5, 5.41) is 9.76. The molecule has 0 N–H and O–H groups in total. The summed E-state index contributed by atoms with van der Waals surface area (Å²) >= 11 is 1.65. The third-order valence-corrected chi connectivity index (χ3v) is 3.90. The van der Waals surface area contributed by atoms with E-state index in [0.29, 0.717) is 19.6 Å². The number of nitrogens with zero attached hydrogens (tertiary/aromatic N) is 4. The molecule has 3 heterocycles. The summed E-state index contributed by atoms with van der Waals surface area (Å²) in [4.78, 5) is 17.3. The molecule has 0 radical (unpaired) electrons. The quantitative estimate of drug-likeness (QED) is 0.652. The van der Waals surface area contributed by atoms with E-state index in [1.165, 1.54) is 4.88 Å². The van der Waals surface area contributed by atoms with Crippen molar-refractivity contribution >= 4 is 17.3 Å². The maximum atomic E-state index is 11.9. The number of rotatable bonds is 6. The second kappa shape index (κ2) is 6.95. The third kappa shape index (κ3) is 3.76. The van der Waals surface area contributed by atoms with Crippen LogP contribution in [0.1, 0.15) is 21.1 Å². The summed E-state index contributed by atoms with van der Waals surface area (Å²) in [7, 11) is 0. The molecule has 0 fully saturated rings. The van der Waals surface area contributed by atoms with Crippen molar-refractivity contribution in [3.05, 3.63) is 64.4 Å². The monoisotopic (exact) mass is 314 g/mol. The average molecular weight is 314 g/mol. The Balaban J connectivity index is 1.53. The number of thiophene rings is 1. The molecule has 22 heavy (non-hydrogen) atoms.